The van der Waals surface area contributed by atoms with Crippen LogP contribution in [0.15, 0.2) is 33.9 Å². The van der Waals surface area contributed by atoms with Crippen LogP contribution in [0.2, 0.25) is 0 Å². The first-order valence-corrected chi connectivity index (χ1v) is 9.77. The lowest BCUT2D eigenvalue weighted by molar-refractivity contribution is 0.340. The first kappa shape index (κ1) is 21.5. The third-order valence-electron chi connectivity index (χ3n) is 4.20. The van der Waals surface area contributed by atoms with Crippen LogP contribution in [0.25, 0.3) is 0 Å². The predicted molar refractivity (Wildman–Crippen MR) is 117 cm³/mol. The van der Waals surface area contributed by atoms with Gasteiger partial charge in [0.25, 0.3) is 5.56 Å². The molecule has 2 rings (SSSR count). The predicted octanol–water partition coefficient (Wildman–Crippen LogP) is 2.54. The van der Waals surface area contributed by atoms with Gasteiger partial charge in [0.1, 0.15) is 11.6 Å². The zero-order valence-electron chi connectivity index (χ0n) is 16.4. The molecule has 0 fully saturated rings. The molecule has 0 radical (unpaired) electrons. The Morgan fingerprint density at radius 2 is 1.93 bits per heavy atom. The lowest BCUT2D eigenvalue weighted by Crippen LogP contribution is -2.42. The number of H-pyrrole nitrogens is 1. The van der Waals surface area contributed by atoms with Crippen molar-refractivity contribution in [3.8, 4) is 5.75 Å². The van der Waals surface area contributed by atoms with E-state index in [4.69, 9.17) is 22.7 Å². The standard InChI is InChI=1S/C19H27N5O3S/c1-4-7-12-24-16(20)15(17(25)22-18(24)26)23(5-2)19(28)21-13-8-10-14(11-9-13)27-6-3/h8-11H,4-7,12,20H2,1-3H3,(H,21,28)(H,22,25,26). The smallest absolute Gasteiger partial charge is 0.330 e. The molecule has 0 aliphatic rings. The number of aromatic amines is 1. The molecule has 0 saturated carbocycles. The molecule has 9 heteroatoms. The van der Waals surface area contributed by atoms with Crippen molar-refractivity contribution in [3.05, 3.63) is 45.1 Å². The SMILES string of the molecule is CCCCn1c(N)c(N(CC)C(=S)Nc2ccc(OCC)cc2)c(=O)[nH]c1=O. The van der Waals surface area contributed by atoms with Crippen LogP contribution in [-0.4, -0.2) is 27.8 Å². The summed E-state index contributed by atoms with van der Waals surface area (Å²) in [5, 5.41) is 3.41. The van der Waals surface area contributed by atoms with E-state index in [2.05, 4.69) is 10.3 Å². The molecule has 1 heterocycles. The number of nitrogens with zero attached hydrogens (tertiary/aromatic N) is 2. The van der Waals surface area contributed by atoms with Crippen molar-refractivity contribution in [2.45, 2.75) is 40.2 Å². The Hall–Kier alpha value is -2.81. The minimum atomic E-state index is -0.562. The van der Waals surface area contributed by atoms with Crippen molar-refractivity contribution in [2.24, 2.45) is 0 Å². The maximum Gasteiger partial charge on any atom is 0.330 e. The van der Waals surface area contributed by atoms with Crippen molar-refractivity contribution < 1.29 is 4.74 Å². The maximum absolute atomic E-state index is 12.5. The molecule has 152 valence electrons. The van der Waals surface area contributed by atoms with Gasteiger partial charge in [-0.1, -0.05) is 13.3 Å². The first-order chi connectivity index (χ1) is 13.4. The Morgan fingerprint density at radius 3 is 2.50 bits per heavy atom. The molecule has 0 unspecified atom stereocenters. The van der Waals surface area contributed by atoms with Gasteiger partial charge in [0.2, 0.25) is 0 Å². The number of aromatic nitrogens is 2. The van der Waals surface area contributed by atoms with Crippen molar-refractivity contribution >= 4 is 34.5 Å². The second kappa shape index (κ2) is 9.93. The second-order valence-corrected chi connectivity index (χ2v) is 6.52. The molecule has 4 N–H and O–H groups in total. The highest BCUT2D eigenvalue weighted by atomic mass is 32.1. The number of nitrogens with one attached hydrogen (secondary N) is 2. The number of hydrogen-bond acceptors (Lipinski definition) is 5. The quantitative estimate of drug-likeness (QED) is 0.580. The molecule has 0 aliphatic carbocycles. The van der Waals surface area contributed by atoms with Crippen LogP contribution in [0.4, 0.5) is 17.2 Å². The molecule has 8 nitrogen and oxygen atoms in total. The van der Waals surface area contributed by atoms with Gasteiger partial charge in [-0.05, 0) is 56.8 Å². The van der Waals surface area contributed by atoms with Gasteiger partial charge in [0.05, 0.1) is 6.61 Å². The molecule has 1 aromatic heterocycles. The third-order valence-corrected chi connectivity index (χ3v) is 4.52. The summed E-state index contributed by atoms with van der Waals surface area (Å²) in [6, 6.07) is 7.33. The van der Waals surface area contributed by atoms with E-state index >= 15 is 0 Å². The molecular formula is C19H27N5O3S. The van der Waals surface area contributed by atoms with Crippen LogP contribution in [0.5, 0.6) is 5.75 Å². The van der Waals surface area contributed by atoms with Gasteiger partial charge >= 0.3 is 5.69 Å². The minimum Gasteiger partial charge on any atom is -0.494 e. The van der Waals surface area contributed by atoms with Gasteiger partial charge in [0.15, 0.2) is 10.8 Å². The summed E-state index contributed by atoms with van der Waals surface area (Å²) >= 11 is 5.49. The normalized spacial score (nSPS) is 10.5. The minimum absolute atomic E-state index is 0.111. The zero-order chi connectivity index (χ0) is 20.7. The Labute approximate surface area is 169 Å². The Balaban J connectivity index is 2.32. The number of unbranched alkanes of at least 4 members (excludes halogenated alkanes) is 1. The average Bonchev–Trinajstić information content (AvgIpc) is 2.66. The molecular weight excluding hydrogens is 378 g/mol. The number of benzene rings is 1. The van der Waals surface area contributed by atoms with Crippen molar-refractivity contribution in [1.82, 2.24) is 9.55 Å². The Bertz CT molecular complexity index is 921. The molecule has 0 aliphatic heterocycles. The second-order valence-electron chi connectivity index (χ2n) is 6.13. The number of nitrogen functional groups attached to an aromatic ring is 1. The van der Waals surface area contributed by atoms with E-state index in [1.54, 1.807) is 4.90 Å². The van der Waals surface area contributed by atoms with Gasteiger partial charge in [-0.15, -0.1) is 0 Å². The summed E-state index contributed by atoms with van der Waals surface area (Å²) in [7, 11) is 0. The summed E-state index contributed by atoms with van der Waals surface area (Å²) in [4.78, 5) is 28.5. The van der Waals surface area contributed by atoms with Gasteiger partial charge in [-0.2, -0.15) is 0 Å². The van der Waals surface area contributed by atoms with E-state index in [1.807, 2.05) is 45.0 Å². The highest BCUT2D eigenvalue weighted by Crippen LogP contribution is 2.20. The van der Waals surface area contributed by atoms with E-state index in [-0.39, 0.29) is 11.5 Å². The summed E-state index contributed by atoms with van der Waals surface area (Å²) in [6.07, 6.45) is 1.67. The van der Waals surface area contributed by atoms with Gasteiger partial charge < -0.3 is 20.7 Å². The lowest BCUT2D eigenvalue weighted by Gasteiger charge is -2.26. The lowest BCUT2D eigenvalue weighted by atomic mass is 10.3. The highest BCUT2D eigenvalue weighted by Gasteiger charge is 2.21. The Morgan fingerprint density at radius 1 is 1.25 bits per heavy atom. The van der Waals surface area contributed by atoms with Crippen LogP contribution in [0.1, 0.15) is 33.6 Å². The molecule has 0 saturated heterocycles. The van der Waals surface area contributed by atoms with Gasteiger partial charge in [0, 0.05) is 18.8 Å². The topological polar surface area (TPSA) is 105 Å². The summed E-state index contributed by atoms with van der Waals surface area (Å²) in [5.74, 6) is 0.870. The number of rotatable bonds is 8. The number of thiocarbonyl (C=S) groups is 1. The zero-order valence-corrected chi connectivity index (χ0v) is 17.3. The van der Waals surface area contributed by atoms with E-state index in [0.29, 0.717) is 24.8 Å². The molecule has 0 bridgehead atoms. The number of anilines is 3. The van der Waals surface area contributed by atoms with Crippen molar-refractivity contribution in [3.63, 3.8) is 0 Å². The summed E-state index contributed by atoms with van der Waals surface area (Å²) in [6.45, 7) is 7.21. The van der Waals surface area contributed by atoms with E-state index in [1.165, 1.54) is 4.57 Å². The molecule has 1 aromatic carbocycles. The van der Waals surface area contributed by atoms with Crippen LogP contribution in [-0.2, 0) is 6.54 Å². The van der Waals surface area contributed by atoms with Crippen LogP contribution >= 0.6 is 12.2 Å². The van der Waals surface area contributed by atoms with Crippen LogP contribution in [0.3, 0.4) is 0 Å². The van der Waals surface area contributed by atoms with Gasteiger partial charge in [-0.3, -0.25) is 14.3 Å². The fourth-order valence-corrected chi connectivity index (χ4v) is 3.11. The van der Waals surface area contributed by atoms with Crippen molar-refractivity contribution in [1.29, 1.82) is 0 Å². The third kappa shape index (κ3) is 4.92. The fraction of sp³-hybridized carbons (Fsp3) is 0.421. The Kier molecular flexibility index (Phi) is 7.62. The summed E-state index contributed by atoms with van der Waals surface area (Å²) < 4.78 is 6.80. The average molecular weight is 406 g/mol. The molecule has 0 amide bonds. The van der Waals surface area contributed by atoms with Gasteiger partial charge in [-0.25, -0.2) is 4.79 Å². The molecule has 0 atom stereocenters. The van der Waals surface area contributed by atoms with Crippen molar-refractivity contribution in [2.75, 3.05) is 29.1 Å². The largest absolute Gasteiger partial charge is 0.494 e. The number of nitrogens with two attached hydrogens (primary N) is 1. The highest BCUT2D eigenvalue weighted by molar-refractivity contribution is 7.80. The molecule has 0 spiro atoms. The van der Waals surface area contributed by atoms with Crippen LogP contribution < -0.4 is 31.9 Å². The molecule has 2 aromatic rings. The molecule has 28 heavy (non-hydrogen) atoms. The summed E-state index contributed by atoms with van der Waals surface area (Å²) in [5.41, 5.74) is 6.03. The monoisotopic (exact) mass is 405 g/mol. The van der Waals surface area contributed by atoms with E-state index < -0.39 is 11.2 Å². The number of hydrogen-bond donors (Lipinski definition) is 3. The van der Waals surface area contributed by atoms with E-state index in [0.717, 1.165) is 24.3 Å². The number of ether oxygens (including phenoxy) is 1. The van der Waals surface area contributed by atoms with E-state index in [9.17, 15) is 9.59 Å². The fourth-order valence-electron chi connectivity index (χ4n) is 2.77. The maximum atomic E-state index is 12.5. The first-order valence-electron chi connectivity index (χ1n) is 9.36. The van der Waals surface area contributed by atoms with Crippen LogP contribution in [0, 0.1) is 0 Å².